The van der Waals surface area contributed by atoms with Crippen LogP contribution in [-0.4, -0.2) is 33.4 Å². The monoisotopic (exact) mass is 386 g/mol. The quantitative estimate of drug-likeness (QED) is 0.699. The van der Waals surface area contributed by atoms with Gasteiger partial charge in [-0.25, -0.2) is 9.97 Å². The van der Waals surface area contributed by atoms with Gasteiger partial charge in [0.15, 0.2) is 5.82 Å². The smallest absolute Gasteiger partial charge is 0.272 e. The molecule has 2 aromatic carbocycles. The number of hydrogen-bond acceptors (Lipinski definition) is 4. The van der Waals surface area contributed by atoms with E-state index in [1.54, 1.807) is 6.07 Å². The van der Waals surface area contributed by atoms with Crippen LogP contribution in [0, 0.1) is 0 Å². The van der Waals surface area contributed by atoms with Gasteiger partial charge >= 0.3 is 0 Å². The molecule has 1 amide bonds. The highest BCUT2D eigenvalue weighted by Gasteiger charge is 2.24. The van der Waals surface area contributed by atoms with Crippen molar-refractivity contribution < 1.29 is 4.79 Å². The van der Waals surface area contributed by atoms with E-state index in [2.05, 4.69) is 47.3 Å². The summed E-state index contributed by atoms with van der Waals surface area (Å²) in [6.07, 6.45) is 1.84. The van der Waals surface area contributed by atoms with Gasteiger partial charge in [0, 0.05) is 30.8 Å². The summed E-state index contributed by atoms with van der Waals surface area (Å²) >= 11 is 0. The second-order valence-electron chi connectivity index (χ2n) is 7.53. The fraction of sp³-hybridized carbons (Fsp3) is 0.292. The SMILES string of the molecule is CCC(C)Nc1cc(C(=O)N2CCc3ccccc3C2)nc(-c2ccccc2)n1. The minimum absolute atomic E-state index is 0.0497. The van der Waals surface area contributed by atoms with Gasteiger partial charge in [-0.15, -0.1) is 0 Å². The lowest BCUT2D eigenvalue weighted by Crippen LogP contribution is -2.36. The van der Waals surface area contributed by atoms with Crippen molar-refractivity contribution in [2.24, 2.45) is 0 Å². The number of carbonyl (C=O) groups excluding carboxylic acids is 1. The van der Waals surface area contributed by atoms with Crippen molar-refractivity contribution in [2.45, 2.75) is 39.3 Å². The first-order valence-electron chi connectivity index (χ1n) is 10.2. The minimum Gasteiger partial charge on any atom is -0.367 e. The summed E-state index contributed by atoms with van der Waals surface area (Å²) < 4.78 is 0. The summed E-state index contributed by atoms with van der Waals surface area (Å²) in [5.74, 6) is 1.21. The van der Waals surface area contributed by atoms with Crippen molar-refractivity contribution in [1.29, 1.82) is 0 Å². The number of benzene rings is 2. The molecule has 1 aliphatic heterocycles. The number of nitrogens with one attached hydrogen (secondary N) is 1. The van der Waals surface area contributed by atoms with E-state index < -0.39 is 0 Å². The van der Waals surface area contributed by atoms with Crippen LogP contribution >= 0.6 is 0 Å². The summed E-state index contributed by atoms with van der Waals surface area (Å²) in [7, 11) is 0. The van der Waals surface area contributed by atoms with Gasteiger partial charge in [-0.1, -0.05) is 61.5 Å². The molecule has 0 spiro atoms. The van der Waals surface area contributed by atoms with Crippen molar-refractivity contribution in [1.82, 2.24) is 14.9 Å². The van der Waals surface area contributed by atoms with E-state index in [0.717, 1.165) is 18.4 Å². The number of rotatable bonds is 5. The average Bonchev–Trinajstić information content (AvgIpc) is 2.78. The molecule has 5 heteroatoms. The summed E-state index contributed by atoms with van der Waals surface area (Å²) in [5.41, 5.74) is 3.87. The maximum absolute atomic E-state index is 13.3. The van der Waals surface area contributed by atoms with Gasteiger partial charge in [0.25, 0.3) is 5.91 Å². The maximum Gasteiger partial charge on any atom is 0.272 e. The van der Waals surface area contributed by atoms with E-state index in [4.69, 9.17) is 0 Å². The molecule has 1 aromatic heterocycles. The number of nitrogens with zero attached hydrogens (tertiary/aromatic N) is 3. The van der Waals surface area contributed by atoms with Gasteiger partial charge in [-0.05, 0) is 30.9 Å². The molecule has 5 nitrogen and oxygen atoms in total. The van der Waals surface area contributed by atoms with Gasteiger partial charge < -0.3 is 10.2 Å². The molecule has 29 heavy (non-hydrogen) atoms. The van der Waals surface area contributed by atoms with E-state index >= 15 is 0 Å². The largest absolute Gasteiger partial charge is 0.367 e. The van der Waals surface area contributed by atoms with Crippen LogP contribution in [0.2, 0.25) is 0 Å². The Bertz CT molecular complexity index is 1000. The Labute approximate surface area is 171 Å². The normalized spacial score (nSPS) is 14.2. The molecular formula is C24H26N4O. The Morgan fingerprint density at radius 3 is 2.55 bits per heavy atom. The predicted molar refractivity (Wildman–Crippen MR) is 116 cm³/mol. The Morgan fingerprint density at radius 2 is 1.79 bits per heavy atom. The zero-order valence-corrected chi connectivity index (χ0v) is 16.9. The Hall–Kier alpha value is -3.21. The highest BCUT2D eigenvalue weighted by atomic mass is 16.2. The minimum atomic E-state index is -0.0497. The number of fused-ring (bicyclic) bond motifs is 1. The molecule has 0 saturated heterocycles. The molecular weight excluding hydrogens is 360 g/mol. The van der Waals surface area contributed by atoms with E-state index in [0.29, 0.717) is 30.4 Å². The Balaban J connectivity index is 1.67. The third kappa shape index (κ3) is 4.29. The molecule has 148 valence electrons. The lowest BCUT2D eigenvalue weighted by Gasteiger charge is -2.28. The lowest BCUT2D eigenvalue weighted by molar-refractivity contribution is 0.0728. The number of anilines is 1. The van der Waals surface area contributed by atoms with Crippen LogP contribution in [0.3, 0.4) is 0 Å². The van der Waals surface area contributed by atoms with Gasteiger partial charge in [0.1, 0.15) is 11.5 Å². The van der Waals surface area contributed by atoms with Crippen LogP contribution in [0.15, 0.2) is 60.7 Å². The summed E-state index contributed by atoms with van der Waals surface area (Å²) in [5, 5.41) is 3.39. The molecule has 0 radical (unpaired) electrons. The van der Waals surface area contributed by atoms with Gasteiger partial charge in [-0.3, -0.25) is 4.79 Å². The van der Waals surface area contributed by atoms with E-state index in [9.17, 15) is 4.79 Å². The van der Waals surface area contributed by atoms with Crippen LogP contribution in [0.25, 0.3) is 11.4 Å². The van der Waals surface area contributed by atoms with Gasteiger partial charge in [0.2, 0.25) is 0 Å². The van der Waals surface area contributed by atoms with Crippen LogP contribution in [-0.2, 0) is 13.0 Å². The topological polar surface area (TPSA) is 58.1 Å². The first kappa shape index (κ1) is 19.1. The highest BCUT2D eigenvalue weighted by Crippen LogP contribution is 2.23. The molecule has 0 fully saturated rings. The zero-order chi connectivity index (χ0) is 20.2. The standard InChI is InChI=1S/C24H26N4O/c1-3-17(2)25-22-15-21(26-23(27-22)19-10-5-4-6-11-19)24(29)28-14-13-18-9-7-8-12-20(18)16-28/h4-12,15,17H,3,13-14,16H2,1-2H3,(H,25,26,27). The molecule has 1 aliphatic rings. The Morgan fingerprint density at radius 1 is 1.07 bits per heavy atom. The van der Waals surface area contributed by atoms with Gasteiger partial charge in [0.05, 0.1) is 0 Å². The van der Waals surface area contributed by atoms with E-state index in [1.807, 2.05) is 41.3 Å². The molecule has 4 rings (SSSR count). The van der Waals surface area contributed by atoms with Crippen LogP contribution in [0.4, 0.5) is 5.82 Å². The maximum atomic E-state index is 13.3. The Kier molecular flexibility index (Phi) is 5.56. The fourth-order valence-corrected chi connectivity index (χ4v) is 3.53. The molecule has 1 N–H and O–H groups in total. The van der Waals surface area contributed by atoms with Crippen LogP contribution < -0.4 is 5.32 Å². The number of amides is 1. The van der Waals surface area contributed by atoms with Crippen molar-refractivity contribution in [3.63, 3.8) is 0 Å². The molecule has 1 atom stereocenters. The number of carbonyl (C=O) groups is 1. The van der Waals surface area contributed by atoms with Crippen LogP contribution in [0.5, 0.6) is 0 Å². The third-order valence-electron chi connectivity index (χ3n) is 5.40. The summed E-state index contributed by atoms with van der Waals surface area (Å²) in [4.78, 5) is 24.5. The van der Waals surface area contributed by atoms with Crippen molar-refractivity contribution in [2.75, 3.05) is 11.9 Å². The average molecular weight is 386 g/mol. The highest BCUT2D eigenvalue weighted by molar-refractivity contribution is 5.93. The van der Waals surface area contributed by atoms with Crippen molar-refractivity contribution in [3.05, 3.63) is 77.5 Å². The summed E-state index contributed by atoms with van der Waals surface area (Å²) in [6, 6.07) is 20.2. The molecule has 0 aliphatic carbocycles. The first-order chi connectivity index (χ1) is 14.1. The van der Waals surface area contributed by atoms with Crippen molar-refractivity contribution >= 4 is 11.7 Å². The zero-order valence-electron chi connectivity index (χ0n) is 16.9. The third-order valence-corrected chi connectivity index (χ3v) is 5.40. The van der Waals surface area contributed by atoms with Crippen LogP contribution in [0.1, 0.15) is 41.9 Å². The first-order valence-corrected chi connectivity index (χ1v) is 10.2. The second kappa shape index (κ2) is 8.43. The number of aromatic nitrogens is 2. The summed E-state index contributed by atoms with van der Waals surface area (Å²) in [6.45, 7) is 5.55. The van der Waals surface area contributed by atoms with E-state index in [-0.39, 0.29) is 11.9 Å². The molecule has 0 saturated carbocycles. The van der Waals surface area contributed by atoms with Crippen molar-refractivity contribution in [3.8, 4) is 11.4 Å². The molecule has 0 bridgehead atoms. The molecule has 3 aromatic rings. The fourth-order valence-electron chi connectivity index (χ4n) is 3.53. The lowest BCUT2D eigenvalue weighted by atomic mass is 10.00. The predicted octanol–water partition coefficient (Wildman–Crippen LogP) is 4.55. The second-order valence-corrected chi connectivity index (χ2v) is 7.53. The number of hydrogen-bond donors (Lipinski definition) is 1. The van der Waals surface area contributed by atoms with E-state index in [1.165, 1.54) is 11.1 Å². The molecule has 2 heterocycles. The molecule has 1 unspecified atom stereocenters. The van der Waals surface area contributed by atoms with Gasteiger partial charge in [-0.2, -0.15) is 0 Å².